The predicted molar refractivity (Wildman–Crippen MR) is 225 cm³/mol. The summed E-state index contributed by atoms with van der Waals surface area (Å²) in [5.74, 6) is 0.686. The molecule has 10 rings (SSSR count). The van der Waals surface area contributed by atoms with Crippen LogP contribution in [0.4, 0.5) is 0 Å². The number of hydrogen-bond acceptors (Lipinski definition) is 3. The van der Waals surface area contributed by atoms with E-state index >= 15 is 0 Å². The van der Waals surface area contributed by atoms with Crippen molar-refractivity contribution in [1.82, 2.24) is 15.0 Å². The Hall–Kier alpha value is -7.23. The second kappa shape index (κ2) is 13.4. The molecule has 0 atom stereocenters. The highest BCUT2D eigenvalue weighted by Crippen LogP contribution is 2.34. The minimum atomic E-state index is 0.686. The molecule has 3 heteroatoms. The van der Waals surface area contributed by atoms with E-state index in [-0.39, 0.29) is 0 Å². The number of hydrogen-bond donors (Lipinski definition) is 0. The van der Waals surface area contributed by atoms with Crippen molar-refractivity contribution in [2.75, 3.05) is 0 Å². The van der Waals surface area contributed by atoms with Gasteiger partial charge in [0, 0.05) is 33.8 Å². The molecule has 0 radical (unpaired) electrons. The normalized spacial score (nSPS) is 11.3. The molecule has 0 saturated carbocycles. The van der Waals surface area contributed by atoms with E-state index in [1.807, 2.05) is 18.3 Å². The van der Waals surface area contributed by atoms with Crippen molar-refractivity contribution in [2.24, 2.45) is 0 Å². The van der Waals surface area contributed by atoms with Gasteiger partial charge in [0.2, 0.25) is 0 Å². The maximum atomic E-state index is 5.21. The lowest BCUT2D eigenvalue weighted by atomic mass is 9.96. The Kier molecular flexibility index (Phi) is 7.81. The van der Waals surface area contributed by atoms with Crippen LogP contribution >= 0.6 is 0 Å². The number of benzene rings is 8. The third kappa shape index (κ3) is 5.98. The van der Waals surface area contributed by atoms with Gasteiger partial charge < -0.3 is 0 Å². The standard InChI is InChI=1S/C51H33N3/c1-2-11-40-29-42(28-21-34(40)9-1)41-14-7-15-44(30-41)51-53-49(38-24-19-35(20-25-38)45-31-43-12-4-6-18-48(43)52-33-45)32-50(54-51)39-26-22-37(23-27-39)47-17-8-13-36-10-3-5-16-46(36)47/h1-33H. The van der Waals surface area contributed by atoms with E-state index in [1.165, 1.54) is 32.7 Å². The Balaban J connectivity index is 1.06. The number of para-hydroxylation sites is 1. The fourth-order valence-electron chi connectivity index (χ4n) is 7.44. The van der Waals surface area contributed by atoms with Crippen molar-refractivity contribution in [3.8, 4) is 67.3 Å². The largest absolute Gasteiger partial charge is 0.256 e. The maximum Gasteiger partial charge on any atom is 0.160 e. The number of fused-ring (bicyclic) bond motifs is 3. The molecule has 0 aliphatic rings. The van der Waals surface area contributed by atoms with Crippen LogP contribution in [0.2, 0.25) is 0 Å². The zero-order chi connectivity index (χ0) is 35.8. The van der Waals surface area contributed by atoms with Gasteiger partial charge in [0.25, 0.3) is 0 Å². The van der Waals surface area contributed by atoms with Crippen LogP contribution in [0.1, 0.15) is 0 Å². The highest BCUT2D eigenvalue weighted by molar-refractivity contribution is 5.97. The van der Waals surface area contributed by atoms with Gasteiger partial charge in [-0.2, -0.15) is 0 Å². The third-order valence-corrected chi connectivity index (χ3v) is 10.3. The zero-order valence-corrected chi connectivity index (χ0v) is 29.4. The van der Waals surface area contributed by atoms with Crippen molar-refractivity contribution in [3.05, 3.63) is 200 Å². The van der Waals surface area contributed by atoms with Crippen LogP contribution in [-0.2, 0) is 0 Å². The van der Waals surface area contributed by atoms with Crippen LogP contribution in [0, 0.1) is 0 Å². The summed E-state index contributed by atoms with van der Waals surface area (Å²) in [4.78, 5) is 15.1. The Morgan fingerprint density at radius 3 is 1.65 bits per heavy atom. The average Bonchev–Trinajstić information content (AvgIpc) is 3.26. The SMILES string of the molecule is c1cc(-c2ccc3ccccc3c2)cc(-c2nc(-c3ccc(-c4cnc5ccccc5c4)cc3)cc(-c3ccc(-c4cccc5ccccc45)cc3)n2)c1. The molecule has 3 nitrogen and oxygen atoms in total. The smallest absolute Gasteiger partial charge is 0.160 e. The van der Waals surface area contributed by atoms with Crippen LogP contribution in [-0.4, -0.2) is 15.0 Å². The molecule has 2 aromatic heterocycles. The van der Waals surface area contributed by atoms with Gasteiger partial charge >= 0.3 is 0 Å². The summed E-state index contributed by atoms with van der Waals surface area (Å²) < 4.78 is 0. The summed E-state index contributed by atoms with van der Waals surface area (Å²) in [5.41, 5.74) is 12.6. The van der Waals surface area contributed by atoms with Crippen LogP contribution in [0.25, 0.3) is 99.7 Å². The summed E-state index contributed by atoms with van der Waals surface area (Å²) in [7, 11) is 0. The second-order valence-electron chi connectivity index (χ2n) is 13.7. The molecule has 0 bridgehead atoms. The molecular formula is C51H33N3. The fraction of sp³-hybridized carbons (Fsp3) is 0. The summed E-state index contributed by atoms with van der Waals surface area (Å²) in [6.45, 7) is 0. The lowest BCUT2D eigenvalue weighted by Gasteiger charge is -2.12. The van der Waals surface area contributed by atoms with Gasteiger partial charge in [-0.1, -0.05) is 164 Å². The van der Waals surface area contributed by atoms with E-state index < -0.39 is 0 Å². The zero-order valence-electron chi connectivity index (χ0n) is 29.4. The number of rotatable bonds is 6. The molecule has 10 aromatic rings. The molecule has 8 aromatic carbocycles. The van der Waals surface area contributed by atoms with Crippen molar-refractivity contribution in [2.45, 2.75) is 0 Å². The van der Waals surface area contributed by atoms with Crippen LogP contribution in [0.3, 0.4) is 0 Å². The molecule has 0 saturated heterocycles. The van der Waals surface area contributed by atoms with Crippen molar-refractivity contribution < 1.29 is 0 Å². The van der Waals surface area contributed by atoms with Crippen molar-refractivity contribution in [3.63, 3.8) is 0 Å². The van der Waals surface area contributed by atoms with Gasteiger partial charge in [0.1, 0.15) is 0 Å². The Morgan fingerprint density at radius 2 is 0.852 bits per heavy atom. The fourth-order valence-corrected chi connectivity index (χ4v) is 7.44. The Labute approximate surface area is 313 Å². The van der Waals surface area contributed by atoms with Gasteiger partial charge in [0.15, 0.2) is 5.82 Å². The average molecular weight is 688 g/mol. The quantitative estimate of drug-likeness (QED) is 0.175. The van der Waals surface area contributed by atoms with E-state index in [4.69, 9.17) is 15.0 Å². The lowest BCUT2D eigenvalue weighted by Crippen LogP contribution is -1.96. The summed E-state index contributed by atoms with van der Waals surface area (Å²) in [6, 6.07) is 68.6. The van der Waals surface area contributed by atoms with E-state index in [9.17, 15) is 0 Å². The second-order valence-corrected chi connectivity index (χ2v) is 13.7. The molecule has 252 valence electrons. The maximum absolute atomic E-state index is 5.21. The third-order valence-electron chi connectivity index (χ3n) is 10.3. The van der Waals surface area contributed by atoms with E-state index in [0.29, 0.717) is 5.82 Å². The topological polar surface area (TPSA) is 38.7 Å². The summed E-state index contributed by atoms with van der Waals surface area (Å²) >= 11 is 0. The highest BCUT2D eigenvalue weighted by Gasteiger charge is 2.13. The van der Waals surface area contributed by atoms with Gasteiger partial charge in [-0.05, 0) is 79.7 Å². The van der Waals surface area contributed by atoms with Crippen LogP contribution < -0.4 is 0 Å². The van der Waals surface area contributed by atoms with E-state index in [0.717, 1.165) is 61.2 Å². The predicted octanol–water partition coefficient (Wildman–Crippen LogP) is 13.3. The molecule has 0 fully saturated rings. The first-order valence-corrected chi connectivity index (χ1v) is 18.2. The number of nitrogens with zero attached hydrogens (tertiary/aromatic N) is 3. The molecule has 2 heterocycles. The van der Waals surface area contributed by atoms with Gasteiger partial charge in [0.05, 0.1) is 16.9 Å². The minimum absolute atomic E-state index is 0.686. The monoisotopic (exact) mass is 687 g/mol. The minimum Gasteiger partial charge on any atom is -0.256 e. The molecule has 0 aliphatic heterocycles. The first-order valence-electron chi connectivity index (χ1n) is 18.2. The molecule has 0 N–H and O–H groups in total. The van der Waals surface area contributed by atoms with Gasteiger partial charge in [-0.15, -0.1) is 0 Å². The van der Waals surface area contributed by atoms with Crippen molar-refractivity contribution in [1.29, 1.82) is 0 Å². The molecule has 0 aliphatic carbocycles. The van der Waals surface area contributed by atoms with Gasteiger partial charge in [-0.3, -0.25) is 4.98 Å². The molecule has 0 unspecified atom stereocenters. The Morgan fingerprint density at radius 1 is 0.296 bits per heavy atom. The van der Waals surface area contributed by atoms with Crippen LogP contribution in [0.5, 0.6) is 0 Å². The van der Waals surface area contributed by atoms with Crippen molar-refractivity contribution >= 4 is 32.4 Å². The van der Waals surface area contributed by atoms with Gasteiger partial charge in [-0.25, -0.2) is 9.97 Å². The molecular weight excluding hydrogens is 655 g/mol. The summed E-state index contributed by atoms with van der Waals surface area (Å²) in [5, 5.41) is 6.05. The Bertz CT molecular complexity index is 2980. The highest BCUT2D eigenvalue weighted by atomic mass is 14.9. The number of aromatic nitrogens is 3. The number of pyridine rings is 1. The molecule has 0 amide bonds. The summed E-state index contributed by atoms with van der Waals surface area (Å²) in [6.07, 6.45) is 1.95. The van der Waals surface area contributed by atoms with E-state index in [2.05, 4.69) is 182 Å². The lowest BCUT2D eigenvalue weighted by molar-refractivity contribution is 1.18. The van der Waals surface area contributed by atoms with E-state index in [1.54, 1.807) is 0 Å². The molecule has 0 spiro atoms. The first kappa shape index (κ1) is 31.5. The first-order chi connectivity index (χ1) is 26.7. The molecule has 54 heavy (non-hydrogen) atoms. The van der Waals surface area contributed by atoms with Crippen LogP contribution in [0.15, 0.2) is 200 Å².